The first-order valence-corrected chi connectivity index (χ1v) is 5.92. The Hall–Kier alpha value is -1.05. The lowest BCUT2D eigenvalue weighted by Gasteiger charge is -2.17. The summed E-state index contributed by atoms with van der Waals surface area (Å²) in [5.41, 5.74) is 0.879. The number of hydrogen-bond donors (Lipinski definition) is 0. The predicted octanol–water partition coefficient (Wildman–Crippen LogP) is 4.02. The lowest BCUT2D eigenvalue weighted by molar-refractivity contribution is -0.148. The van der Waals surface area contributed by atoms with Crippen LogP contribution in [0, 0.1) is 0 Å². The quantitative estimate of drug-likeness (QED) is 0.400. The molecule has 0 bridgehead atoms. The second kappa shape index (κ2) is 7.26. The van der Waals surface area contributed by atoms with Gasteiger partial charge < -0.3 is 4.74 Å². The van der Waals surface area contributed by atoms with Gasteiger partial charge in [0.2, 0.25) is 0 Å². The number of unbranched alkanes of at least 4 members (excludes halogenated alkanes) is 1. The minimum Gasteiger partial charge on any atom is -0.457 e. The van der Waals surface area contributed by atoms with Crippen LogP contribution in [0.15, 0.2) is 23.8 Å². The van der Waals surface area contributed by atoms with Crippen LogP contribution in [0.2, 0.25) is 0 Å². The number of hydrogen-bond acceptors (Lipinski definition) is 2. The van der Waals surface area contributed by atoms with E-state index in [0.717, 1.165) is 6.42 Å². The summed E-state index contributed by atoms with van der Waals surface area (Å²) in [6.45, 7) is 9.84. The number of ether oxygens (including phenoxy) is 1. The lowest BCUT2D eigenvalue weighted by Crippen LogP contribution is -2.22. The van der Waals surface area contributed by atoms with Crippen LogP contribution in [0.4, 0.5) is 0 Å². The molecule has 0 aliphatic rings. The molecular formula is C14H24O2. The maximum absolute atomic E-state index is 11.3. The molecule has 0 amide bonds. The van der Waals surface area contributed by atoms with Gasteiger partial charge in [-0.05, 0) is 40.5 Å². The molecule has 0 N–H and O–H groups in total. The Kier molecular flexibility index (Phi) is 6.78. The van der Waals surface area contributed by atoms with Gasteiger partial charge in [-0.2, -0.15) is 0 Å². The fourth-order valence-electron chi connectivity index (χ4n) is 1.17. The number of carbonyl (C=O) groups is 1. The van der Waals surface area contributed by atoms with Gasteiger partial charge in [-0.1, -0.05) is 31.1 Å². The molecule has 0 unspecified atom stereocenters. The Labute approximate surface area is 99.4 Å². The van der Waals surface area contributed by atoms with Crippen molar-refractivity contribution < 1.29 is 9.53 Å². The third-order valence-electron chi connectivity index (χ3n) is 1.94. The number of esters is 1. The highest BCUT2D eigenvalue weighted by Gasteiger charge is 2.13. The second-order valence-corrected chi connectivity index (χ2v) is 5.01. The fourth-order valence-corrected chi connectivity index (χ4v) is 1.17. The van der Waals surface area contributed by atoms with Crippen molar-refractivity contribution in [1.29, 1.82) is 0 Å². The van der Waals surface area contributed by atoms with Crippen LogP contribution >= 0.6 is 0 Å². The van der Waals surface area contributed by atoms with Gasteiger partial charge in [-0.15, -0.1) is 0 Å². The van der Waals surface area contributed by atoms with Gasteiger partial charge in [-0.3, -0.25) is 0 Å². The predicted molar refractivity (Wildman–Crippen MR) is 68.3 cm³/mol. The summed E-state index contributed by atoms with van der Waals surface area (Å²) in [5, 5.41) is 0. The van der Waals surface area contributed by atoms with Gasteiger partial charge in [-0.25, -0.2) is 4.79 Å². The van der Waals surface area contributed by atoms with Crippen LogP contribution in [0.25, 0.3) is 0 Å². The van der Waals surface area contributed by atoms with Crippen molar-refractivity contribution in [1.82, 2.24) is 0 Å². The van der Waals surface area contributed by atoms with Crippen LogP contribution < -0.4 is 0 Å². The molecule has 0 aliphatic carbocycles. The first-order chi connectivity index (χ1) is 7.35. The molecule has 0 radical (unpaired) electrons. The minimum atomic E-state index is -0.414. The average Bonchev–Trinajstić information content (AvgIpc) is 2.11. The van der Waals surface area contributed by atoms with E-state index in [4.69, 9.17) is 4.74 Å². The molecule has 0 spiro atoms. The molecular weight excluding hydrogens is 200 g/mol. The molecule has 0 atom stereocenters. The van der Waals surface area contributed by atoms with Crippen molar-refractivity contribution in [3.8, 4) is 0 Å². The molecule has 0 saturated heterocycles. The van der Waals surface area contributed by atoms with Crippen LogP contribution in [0.1, 0.15) is 53.9 Å². The summed E-state index contributed by atoms with van der Waals surface area (Å²) in [4.78, 5) is 11.3. The molecule has 92 valence electrons. The molecule has 0 aromatic carbocycles. The molecule has 0 heterocycles. The van der Waals surface area contributed by atoms with E-state index in [9.17, 15) is 4.79 Å². The number of allylic oxidation sites excluding steroid dienone is 3. The van der Waals surface area contributed by atoms with Gasteiger partial charge in [0.15, 0.2) is 0 Å². The molecule has 0 rings (SSSR count). The molecule has 16 heavy (non-hydrogen) atoms. The normalized spacial score (nSPS) is 13.2. The smallest absolute Gasteiger partial charge is 0.331 e. The molecule has 0 fully saturated rings. The van der Waals surface area contributed by atoms with Crippen molar-refractivity contribution in [2.75, 3.05) is 0 Å². The Morgan fingerprint density at radius 3 is 2.44 bits per heavy atom. The van der Waals surface area contributed by atoms with Crippen LogP contribution in [-0.2, 0) is 9.53 Å². The van der Waals surface area contributed by atoms with E-state index >= 15 is 0 Å². The van der Waals surface area contributed by atoms with Crippen molar-refractivity contribution in [3.05, 3.63) is 23.8 Å². The zero-order valence-electron chi connectivity index (χ0n) is 11.2. The zero-order valence-corrected chi connectivity index (χ0v) is 11.2. The van der Waals surface area contributed by atoms with Crippen molar-refractivity contribution in [3.63, 3.8) is 0 Å². The summed E-state index contributed by atoms with van der Waals surface area (Å²) >= 11 is 0. The summed E-state index contributed by atoms with van der Waals surface area (Å²) in [7, 11) is 0. The van der Waals surface area contributed by atoms with Gasteiger partial charge >= 0.3 is 5.97 Å². The first kappa shape index (κ1) is 14.9. The highest BCUT2D eigenvalue weighted by Crippen LogP contribution is 2.08. The van der Waals surface area contributed by atoms with E-state index < -0.39 is 5.60 Å². The molecule has 0 aromatic rings. The highest BCUT2D eigenvalue weighted by molar-refractivity contribution is 5.82. The van der Waals surface area contributed by atoms with Crippen LogP contribution in [-0.4, -0.2) is 11.6 Å². The average molecular weight is 224 g/mol. The minimum absolute atomic E-state index is 0.285. The van der Waals surface area contributed by atoms with Gasteiger partial charge in [0.25, 0.3) is 0 Å². The standard InChI is InChI=1S/C14H24O2/c1-6-7-9-12(2)10-8-11-13(15)16-14(3,4)5/h8,10-11H,6-7,9H2,1-5H3/b11-8+,12-10+. The maximum atomic E-state index is 11.3. The third-order valence-corrected chi connectivity index (χ3v) is 1.94. The molecule has 2 nitrogen and oxygen atoms in total. The lowest BCUT2D eigenvalue weighted by atomic mass is 10.1. The molecule has 0 aliphatic heterocycles. The van der Waals surface area contributed by atoms with Crippen LogP contribution in [0.5, 0.6) is 0 Å². The third kappa shape index (κ3) is 9.50. The van der Waals surface area contributed by atoms with Crippen molar-refractivity contribution in [2.24, 2.45) is 0 Å². The summed E-state index contributed by atoms with van der Waals surface area (Å²) in [5.74, 6) is -0.285. The van der Waals surface area contributed by atoms with E-state index in [0.29, 0.717) is 0 Å². The molecule has 2 heteroatoms. The Balaban J connectivity index is 4.04. The molecule has 0 aromatic heterocycles. The summed E-state index contributed by atoms with van der Waals surface area (Å²) < 4.78 is 5.15. The van der Waals surface area contributed by atoms with Gasteiger partial charge in [0.1, 0.15) is 5.60 Å². The van der Waals surface area contributed by atoms with E-state index in [-0.39, 0.29) is 5.97 Å². The Morgan fingerprint density at radius 2 is 1.94 bits per heavy atom. The fraction of sp³-hybridized carbons (Fsp3) is 0.643. The summed E-state index contributed by atoms with van der Waals surface area (Å²) in [6.07, 6.45) is 8.69. The SMILES string of the molecule is CCCC/C(C)=C/C=C/C(=O)OC(C)(C)C. The number of carbonyl (C=O) groups excluding carboxylic acids is 1. The second-order valence-electron chi connectivity index (χ2n) is 5.01. The largest absolute Gasteiger partial charge is 0.457 e. The monoisotopic (exact) mass is 224 g/mol. The van der Waals surface area contributed by atoms with Gasteiger partial charge in [0.05, 0.1) is 0 Å². The van der Waals surface area contributed by atoms with E-state index in [1.165, 1.54) is 24.5 Å². The van der Waals surface area contributed by atoms with E-state index in [1.54, 1.807) is 6.08 Å². The van der Waals surface area contributed by atoms with Gasteiger partial charge in [0, 0.05) is 6.08 Å². The Morgan fingerprint density at radius 1 is 1.31 bits per heavy atom. The highest BCUT2D eigenvalue weighted by atomic mass is 16.6. The first-order valence-electron chi connectivity index (χ1n) is 5.92. The van der Waals surface area contributed by atoms with E-state index in [2.05, 4.69) is 13.8 Å². The Bertz CT molecular complexity index is 267. The van der Waals surface area contributed by atoms with Crippen LogP contribution in [0.3, 0.4) is 0 Å². The topological polar surface area (TPSA) is 26.3 Å². The van der Waals surface area contributed by atoms with Crippen molar-refractivity contribution >= 4 is 5.97 Å². The maximum Gasteiger partial charge on any atom is 0.331 e. The molecule has 0 saturated carbocycles. The van der Waals surface area contributed by atoms with Crippen molar-refractivity contribution in [2.45, 2.75) is 59.5 Å². The zero-order chi connectivity index (χ0) is 12.6. The van der Waals surface area contributed by atoms with E-state index in [1.807, 2.05) is 26.8 Å². The number of rotatable bonds is 5. The summed E-state index contributed by atoms with van der Waals surface area (Å²) in [6, 6.07) is 0.